The summed E-state index contributed by atoms with van der Waals surface area (Å²) in [5.74, 6) is 0.458. The van der Waals surface area contributed by atoms with E-state index >= 15 is 0 Å². The molecule has 2 atom stereocenters. The number of hydrogen-bond donors (Lipinski definition) is 1. The van der Waals surface area contributed by atoms with Crippen molar-refractivity contribution in [1.29, 1.82) is 0 Å². The second-order valence-corrected chi connectivity index (χ2v) is 47.4. The number of benzene rings is 1. The van der Waals surface area contributed by atoms with Gasteiger partial charge in [-0.2, -0.15) is 0 Å². The van der Waals surface area contributed by atoms with Gasteiger partial charge in [0.1, 0.15) is 0 Å². The zero-order valence-electron chi connectivity index (χ0n) is 29.5. The molecule has 1 rings (SSSR count). The van der Waals surface area contributed by atoms with Gasteiger partial charge >= 0.3 is 270 Å². The third kappa shape index (κ3) is 13.0. The quantitative estimate of drug-likeness (QED) is 0.104. The zero-order chi connectivity index (χ0) is 30.8. The summed E-state index contributed by atoms with van der Waals surface area (Å²) < 4.78 is 10.6. The Kier molecular flexibility index (Phi) is 20.9. The SMILES string of the molecule is CCC[CH2][Sn]([CH2]CCC)([CH2]CCC)[CH]([C@@H](Cc1ccccc1)[C@@H](O)C(C)(C)C)[Sn]([CH2]CCC)([CH2]CCC)[CH2]CCC. The molecule has 41 heavy (non-hydrogen) atoms. The molecular formula is C38H74OSn2. The molecule has 0 aliphatic heterocycles. The normalized spacial score (nSPS) is 14.5. The van der Waals surface area contributed by atoms with Gasteiger partial charge in [0.05, 0.1) is 0 Å². The van der Waals surface area contributed by atoms with E-state index in [1.54, 1.807) is 26.6 Å². The number of hydrogen-bond acceptors (Lipinski definition) is 1. The van der Waals surface area contributed by atoms with Gasteiger partial charge < -0.3 is 0 Å². The number of aliphatic hydroxyl groups excluding tert-OH is 1. The van der Waals surface area contributed by atoms with Gasteiger partial charge in [0.2, 0.25) is 0 Å². The fourth-order valence-electron chi connectivity index (χ4n) is 8.35. The van der Waals surface area contributed by atoms with Gasteiger partial charge in [0.25, 0.3) is 0 Å². The predicted molar refractivity (Wildman–Crippen MR) is 193 cm³/mol. The van der Waals surface area contributed by atoms with Crippen LogP contribution in [0.2, 0.25) is 28.6 Å². The van der Waals surface area contributed by atoms with Crippen LogP contribution in [-0.4, -0.2) is 48.0 Å². The second-order valence-electron chi connectivity index (χ2n) is 15.0. The summed E-state index contributed by atoms with van der Waals surface area (Å²) in [4.78, 5) is 0. The average molecular weight is 784 g/mol. The molecule has 1 nitrogen and oxygen atoms in total. The second kappa shape index (κ2) is 21.5. The molecule has 0 aromatic heterocycles. The summed E-state index contributed by atoms with van der Waals surface area (Å²) in [5.41, 5.74) is 1.40. The van der Waals surface area contributed by atoms with Crippen LogP contribution in [0.4, 0.5) is 0 Å². The van der Waals surface area contributed by atoms with E-state index in [0.29, 0.717) is 5.92 Å². The molecule has 0 saturated heterocycles. The molecule has 3 heteroatoms. The van der Waals surface area contributed by atoms with Crippen LogP contribution in [-0.2, 0) is 6.42 Å². The van der Waals surface area contributed by atoms with Crippen molar-refractivity contribution in [3.05, 3.63) is 35.9 Å². The minimum atomic E-state index is -2.77. The first kappa shape index (κ1) is 39.8. The Labute approximate surface area is 267 Å². The third-order valence-corrected chi connectivity index (χ3v) is 67.1. The molecule has 0 bridgehead atoms. The fourth-order valence-corrected chi connectivity index (χ4v) is 88.1. The molecule has 0 fully saturated rings. The van der Waals surface area contributed by atoms with Crippen LogP contribution in [0.15, 0.2) is 30.3 Å². The topological polar surface area (TPSA) is 20.2 Å². The molecule has 0 aliphatic carbocycles. The molecule has 0 unspecified atom stereocenters. The predicted octanol–water partition coefficient (Wildman–Crippen LogP) is 12.9. The maximum absolute atomic E-state index is 12.6. The van der Waals surface area contributed by atoms with Gasteiger partial charge in [0.15, 0.2) is 0 Å². The van der Waals surface area contributed by atoms with Crippen molar-refractivity contribution in [3.63, 3.8) is 0 Å². The monoisotopic (exact) mass is 786 g/mol. The maximum atomic E-state index is 12.6. The summed E-state index contributed by atoms with van der Waals surface area (Å²) in [6.07, 6.45) is 17.6. The van der Waals surface area contributed by atoms with Gasteiger partial charge in [-0.15, -0.1) is 0 Å². The number of rotatable bonds is 24. The summed E-state index contributed by atoms with van der Waals surface area (Å²) >= 11 is -5.53. The molecule has 0 spiro atoms. The van der Waals surface area contributed by atoms with E-state index in [0.717, 1.165) is 8.37 Å². The van der Waals surface area contributed by atoms with E-state index in [4.69, 9.17) is 0 Å². The molecule has 1 N–H and O–H groups in total. The Bertz CT molecular complexity index is 680. The first-order chi connectivity index (χ1) is 19.6. The third-order valence-electron chi connectivity index (χ3n) is 10.5. The minimum absolute atomic E-state index is 0.0759. The van der Waals surface area contributed by atoms with E-state index < -0.39 is 36.8 Å². The van der Waals surface area contributed by atoms with Crippen LogP contribution in [0.25, 0.3) is 0 Å². The van der Waals surface area contributed by atoms with Crippen LogP contribution >= 0.6 is 0 Å². The summed E-state index contributed by atoms with van der Waals surface area (Å²) in [6, 6.07) is 11.4. The molecule has 0 aliphatic rings. The van der Waals surface area contributed by atoms with E-state index in [9.17, 15) is 5.11 Å². The van der Waals surface area contributed by atoms with Crippen molar-refractivity contribution in [3.8, 4) is 0 Å². The van der Waals surface area contributed by atoms with Gasteiger partial charge in [-0.1, -0.05) is 0 Å². The molecule has 0 radical (unpaired) electrons. The van der Waals surface area contributed by atoms with Crippen LogP contribution in [0.5, 0.6) is 0 Å². The van der Waals surface area contributed by atoms with E-state index in [1.807, 2.05) is 0 Å². The summed E-state index contributed by atoms with van der Waals surface area (Å²) in [7, 11) is 0. The summed E-state index contributed by atoms with van der Waals surface area (Å²) in [5, 5.41) is 12.6. The molecule has 1 aromatic rings. The van der Waals surface area contributed by atoms with Crippen molar-refractivity contribution in [2.45, 2.75) is 180 Å². The molecule has 0 amide bonds. The molecule has 0 saturated carbocycles. The Balaban J connectivity index is 4.17. The van der Waals surface area contributed by atoms with E-state index in [1.165, 1.54) is 82.6 Å². The molecular weight excluding hydrogens is 710 g/mol. The van der Waals surface area contributed by atoms with Crippen molar-refractivity contribution < 1.29 is 5.11 Å². The number of unbranched alkanes of at least 4 members (excludes halogenated alkanes) is 6. The Hall–Kier alpha value is 0.777. The molecule has 0 heterocycles. The van der Waals surface area contributed by atoms with Gasteiger partial charge in [-0.05, 0) is 0 Å². The van der Waals surface area contributed by atoms with Gasteiger partial charge in [-0.25, -0.2) is 0 Å². The van der Waals surface area contributed by atoms with Crippen molar-refractivity contribution in [1.82, 2.24) is 0 Å². The average Bonchev–Trinajstić information content (AvgIpc) is 2.97. The van der Waals surface area contributed by atoms with E-state index in [2.05, 4.69) is 92.6 Å². The van der Waals surface area contributed by atoms with Crippen LogP contribution in [0, 0.1) is 11.3 Å². The molecule has 240 valence electrons. The Morgan fingerprint density at radius 2 is 0.878 bits per heavy atom. The van der Waals surface area contributed by atoms with Crippen LogP contribution in [0.1, 0.15) is 145 Å². The first-order valence-electron chi connectivity index (χ1n) is 18.3. The summed E-state index contributed by atoms with van der Waals surface area (Å²) in [6.45, 7) is 21.7. The Morgan fingerprint density at radius 3 is 1.15 bits per heavy atom. The molecule has 1 aromatic carbocycles. The van der Waals surface area contributed by atoms with Gasteiger partial charge in [-0.3, -0.25) is 0 Å². The standard InChI is InChI=1S/C14H20O.6C4H9.2Sn/c1-11(13(15)14(2,3)4)10-12-8-6-5-7-9-12;6*1-3-4-2;;/h1,5-9,11,13,15H,10H2,2-4H3;6*1,3-4H2,2H3;;/t11-,13+;;;;;;;;/m0......../s1. The van der Waals surface area contributed by atoms with Crippen LogP contribution < -0.4 is 0 Å². The zero-order valence-corrected chi connectivity index (χ0v) is 35.2. The Morgan fingerprint density at radius 1 is 0.561 bits per heavy atom. The van der Waals surface area contributed by atoms with Crippen molar-refractivity contribution in [2.24, 2.45) is 11.3 Å². The first-order valence-corrected chi connectivity index (χ1v) is 33.7. The van der Waals surface area contributed by atoms with Crippen molar-refractivity contribution in [2.75, 3.05) is 0 Å². The van der Waals surface area contributed by atoms with Crippen molar-refractivity contribution >= 4 is 36.8 Å². The number of aliphatic hydroxyl groups is 1. The fraction of sp³-hybridized carbons (Fsp3) is 0.842. The van der Waals surface area contributed by atoms with Gasteiger partial charge in [0, 0.05) is 0 Å². The van der Waals surface area contributed by atoms with Crippen LogP contribution in [0.3, 0.4) is 0 Å². The van der Waals surface area contributed by atoms with E-state index in [-0.39, 0.29) is 11.5 Å².